The second kappa shape index (κ2) is 5.08. The first-order valence-electron chi connectivity index (χ1n) is 5.80. The summed E-state index contributed by atoms with van der Waals surface area (Å²) in [6.45, 7) is 3.02. The van der Waals surface area contributed by atoms with Crippen molar-refractivity contribution in [3.05, 3.63) is 28.2 Å². The molecule has 2 rings (SSSR count). The van der Waals surface area contributed by atoms with E-state index in [0.717, 1.165) is 23.0 Å². The van der Waals surface area contributed by atoms with Gasteiger partial charge in [0.1, 0.15) is 0 Å². The molecule has 0 saturated heterocycles. The molecule has 1 aliphatic rings. The normalized spacial score (nSPS) is 22.1. The van der Waals surface area contributed by atoms with E-state index in [9.17, 15) is 8.42 Å². The van der Waals surface area contributed by atoms with Gasteiger partial charge >= 0.3 is 0 Å². The average molecular weight is 318 g/mol. The first-order chi connectivity index (χ1) is 8.04. The lowest BCUT2D eigenvalue weighted by Crippen LogP contribution is -2.30. The zero-order chi connectivity index (χ0) is 12.5. The van der Waals surface area contributed by atoms with E-state index >= 15 is 0 Å². The zero-order valence-corrected chi connectivity index (χ0v) is 12.1. The van der Waals surface area contributed by atoms with Gasteiger partial charge in [0.05, 0.1) is 10.6 Å². The molecule has 1 aromatic carbocycles. The number of benzene rings is 1. The molecule has 94 valence electrons. The maximum Gasteiger partial charge on any atom is 0.178 e. The molecule has 1 aromatic rings. The van der Waals surface area contributed by atoms with Gasteiger partial charge < -0.3 is 5.32 Å². The fourth-order valence-corrected chi connectivity index (χ4v) is 4.12. The van der Waals surface area contributed by atoms with Crippen molar-refractivity contribution in [3.8, 4) is 0 Å². The predicted octanol–water partition coefficient (Wildman–Crippen LogP) is 2.67. The topological polar surface area (TPSA) is 46.2 Å². The molecule has 0 amide bonds. The molecule has 1 heterocycles. The van der Waals surface area contributed by atoms with Crippen LogP contribution in [0.25, 0.3) is 0 Å². The number of hydrogen-bond donors (Lipinski definition) is 1. The van der Waals surface area contributed by atoms with E-state index in [4.69, 9.17) is 0 Å². The van der Waals surface area contributed by atoms with Crippen LogP contribution < -0.4 is 5.32 Å². The van der Waals surface area contributed by atoms with Crippen molar-refractivity contribution in [3.63, 3.8) is 0 Å². The minimum Gasteiger partial charge on any atom is -0.310 e. The molecule has 0 saturated carbocycles. The lowest BCUT2D eigenvalue weighted by molar-refractivity contribution is 0.492. The van der Waals surface area contributed by atoms with E-state index in [1.165, 1.54) is 0 Å². The molecule has 0 fully saturated rings. The van der Waals surface area contributed by atoms with Gasteiger partial charge in [-0.05, 0) is 43.1 Å². The van der Waals surface area contributed by atoms with Crippen LogP contribution in [-0.2, 0) is 9.84 Å². The van der Waals surface area contributed by atoms with E-state index < -0.39 is 9.84 Å². The number of hydrogen-bond acceptors (Lipinski definition) is 3. The minimum atomic E-state index is -3.08. The second-order valence-electron chi connectivity index (χ2n) is 4.30. The molecule has 0 aliphatic carbocycles. The maximum absolute atomic E-state index is 12.0. The summed E-state index contributed by atoms with van der Waals surface area (Å²) in [5.41, 5.74) is 0.902. The van der Waals surface area contributed by atoms with Crippen LogP contribution in [0.2, 0.25) is 0 Å². The summed E-state index contributed by atoms with van der Waals surface area (Å²) in [7, 11) is -3.08. The highest BCUT2D eigenvalue weighted by atomic mass is 79.9. The van der Waals surface area contributed by atoms with E-state index in [-0.39, 0.29) is 11.8 Å². The van der Waals surface area contributed by atoms with Crippen molar-refractivity contribution in [2.24, 2.45) is 0 Å². The van der Waals surface area contributed by atoms with Crippen LogP contribution in [0.4, 0.5) is 0 Å². The lowest BCUT2D eigenvalue weighted by atomic mass is 10.0. The highest BCUT2D eigenvalue weighted by Gasteiger charge is 2.29. The largest absolute Gasteiger partial charge is 0.310 e. The van der Waals surface area contributed by atoms with Crippen molar-refractivity contribution >= 4 is 25.8 Å². The van der Waals surface area contributed by atoms with Gasteiger partial charge in [0.25, 0.3) is 0 Å². The SMILES string of the molecule is CCCNC1CCS(=O)(=O)c2ccc(Br)cc21. The van der Waals surface area contributed by atoms with Crippen LogP contribution >= 0.6 is 15.9 Å². The van der Waals surface area contributed by atoms with Gasteiger partial charge in [-0.2, -0.15) is 0 Å². The van der Waals surface area contributed by atoms with Crippen LogP contribution in [0.3, 0.4) is 0 Å². The van der Waals surface area contributed by atoms with E-state index in [2.05, 4.69) is 28.2 Å². The van der Waals surface area contributed by atoms with Gasteiger partial charge in [0, 0.05) is 10.5 Å². The summed E-state index contributed by atoms with van der Waals surface area (Å²) >= 11 is 3.40. The highest BCUT2D eigenvalue weighted by Crippen LogP contribution is 2.33. The molecular formula is C12H16BrNO2S. The molecule has 1 unspecified atom stereocenters. The zero-order valence-electron chi connectivity index (χ0n) is 9.74. The third-order valence-corrected chi connectivity index (χ3v) is 5.31. The molecule has 1 N–H and O–H groups in total. The van der Waals surface area contributed by atoms with E-state index in [1.807, 2.05) is 6.07 Å². The minimum absolute atomic E-state index is 0.158. The Kier molecular flexibility index (Phi) is 3.90. The molecule has 17 heavy (non-hydrogen) atoms. The third kappa shape index (κ3) is 2.72. The molecule has 0 aromatic heterocycles. The predicted molar refractivity (Wildman–Crippen MR) is 71.8 cm³/mol. The van der Waals surface area contributed by atoms with Crippen LogP contribution in [0.1, 0.15) is 31.4 Å². The van der Waals surface area contributed by atoms with Crippen LogP contribution in [0, 0.1) is 0 Å². The maximum atomic E-state index is 12.0. The quantitative estimate of drug-likeness (QED) is 0.932. The van der Waals surface area contributed by atoms with Gasteiger partial charge in [0.15, 0.2) is 9.84 Å². The fourth-order valence-electron chi connectivity index (χ4n) is 2.14. The second-order valence-corrected chi connectivity index (χ2v) is 7.29. The van der Waals surface area contributed by atoms with Gasteiger partial charge in [-0.1, -0.05) is 22.9 Å². The van der Waals surface area contributed by atoms with Crippen molar-refractivity contribution < 1.29 is 8.42 Å². The monoisotopic (exact) mass is 317 g/mol. The molecule has 5 heteroatoms. The number of fused-ring (bicyclic) bond motifs is 1. The number of halogens is 1. The van der Waals surface area contributed by atoms with Crippen LogP contribution in [-0.4, -0.2) is 20.7 Å². The van der Waals surface area contributed by atoms with E-state index in [1.54, 1.807) is 12.1 Å². The number of sulfone groups is 1. The van der Waals surface area contributed by atoms with Gasteiger partial charge in [-0.3, -0.25) is 0 Å². The fraction of sp³-hybridized carbons (Fsp3) is 0.500. The van der Waals surface area contributed by atoms with Crippen molar-refractivity contribution in [1.29, 1.82) is 0 Å². The van der Waals surface area contributed by atoms with Gasteiger partial charge in [-0.15, -0.1) is 0 Å². The Labute approximate surface area is 111 Å². The third-order valence-electron chi connectivity index (χ3n) is 3.00. The molecule has 0 spiro atoms. The summed E-state index contributed by atoms with van der Waals surface area (Å²) in [4.78, 5) is 0.487. The Balaban J connectivity index is 2.42. The first kappa shape index (κ1) is 13.1. The summed E-state index contributed by atoms with van der Waals surface area (Å²) < 4.78 is 24.8. The van der Waals surface area contributed by atoms with Crippen LogP contribution in [0.15, 0.2) is 27.6 Å². The number of rotatable bonds is 3. The van der Waals surface area contributed by atoms with Crippen molar-refractivity contribution in [1.82, 2.24) is 5.32 Å². The summed E-state index contributed by atoms with van der Waals surface area (Å²) in [6, 6.07) is 5.57. The Bertz CT molecular complexity index is 513. The smallest absolute Gasteiger partial charge is 0.178 e. The molecule has 0 radical (unpaired) electrons. The standard InChI is InChI=1S/C12H16BrNO2S/c1-2-6-14-11-5-7-17(15,16)12-4-3-9(13)8-10(11)12/h3-4,8,11,14H,2,5-7H2,1H3. The average Bonchev–Trinajstić information content (AvgIpc) is 2.28. The van der Waals surface area contributed by atoms with Crippen molar-refractivity contribution in [2.75, 3.05) is 12.3 Å². The van der Waals surface area contributed by atoms with Gasteiger partial charge in [-0.25, -0.2) is 8.42 Å². The summed E-state index contributed by atoms with van der Waals surface area (Å²) in [5, 5.41) is 3.41. The molecular weight excluding hydrogens is 302 g/mol. The molecule has 1 atom stereocenters. The molecule has 3 nitrogen and oxygen atoms in total. The summed E-state index contributed by atoms with van der Waals surface area (Å²) in [5.74, 6) is 0.239. The molecule has 1 aliphatic heterocycles. The first-order valence-corrected chi connectivity index (χ1v) is 8.24. The highest BCUT2D eigenvalue weighted by molar-refractivity contribution is 9.10. The Morgan fingerprint density at radius 3 is 2.94 bits per heavy atom. The Morgan fingerprint density at radius 2 is 2.24 bits per heavy atom. The van der Waals surface area contributed by atoms with E-state index in [0.29, 0.717) is 11.3 Å². The van der Waals surface area contributed by atoms with Crippen LogP contribution in [0.5, 0.6) is 0 Å². The number of nitrogens with one attached hydrogen (secondary N) is 1. The van der Waals surface area contributed by atoms with Crippen molar-refractivity contribution in [2.45, 2.75) is 30.7 Å². The Hall–Kier alpha value is -0.390. The molecule has 0 bridgehead atoms. The Morgan fingerprint density at radius 1 is 1.47 bits per heavy atom. The summed E-state index contributed by atoms with van der Waals surface area (Å²) in [6.07, 6.45) is 1.71. The van der Waals surface area contributed by atoms with Gasteiger partial charge in [0.2, 0.25) is 0 Å². The lowest BCUT2D eigenvalue weighted by Gasteiger charge is -2.26.